The summed E-state index contributed by atoms with van der Waals surface area (Å²) in [5, 5.41) is 0. The summed E-state index contributed by atoms with van der Waals surface area (Å²) in [5.41, 5.74) is 16.3. The van der Waals surface area contributed by atoms with E-state index in [4.69, 9.17) is 11.5 Å². The number of hydrogen-bond acceptors (Lipinski definition) is 2. The first-order valence-electron chi connectivity index (χ1n) is 6.40. The van der Waals surface area contributed by atoms with Crippen LogP contribution in [0, 0.1) is 0 Å². The normalized spacial score (nSPS) is 12.3. The molecular formula is C16H20N2. The molecule has 0 saturated carbocycles. The van der Waals surface area contributed by atoms with Crippen LogP contribution in [0.5, 0.6) is 0 Å². The maximum absolute atomic E-state index is 6.25. The van der Waals surface area contributed by atoms with Gasteiger partial charge in [-0.3, -0.25) is 0 Å². The van der Waals surface area contributed by atoms with Crippen LogP contribution in [0.1, 0.15) is 36.1 Å². The van der Waals surface area contributed by atoms with Crippen molar-refractivity contribution >= 4 is 5.69 Å². The van der Waals surface area contributed by atoms with Crippen molar-refractivity contribution in [2.75, 3.05) is 5.73 Å². The summed E-state index contributed by atoms with van der Waals surface area (Å²) in [6.07, 6.45) is 2.29. The lowest BCUT2D eigenvalue weighted by Crippen LogP contribution is -2.12. The molecule has 0 aromatic heterocycles. The van der Waals surface area contributed by atoms with E-state index in [0.717, 1.165) is 23.2 Å². The third kappa shape index (κ3) is 2.90. The summed E-state index contributed by atoms with van der Waals surface area (Å²) in [6.45, 7) is 2.19. The summed E-state index contributed by atoms with van der Waals surface area (Å²) in [6, 6.07) is 16.2. The Morgan fingerprint density at radius 3 is 2.33 bits per heavy atom. The molecular weight excluding hydrogens is 220 g/mol. The molecule has 0 heterocycles. The van der Waals surface area contributed by atoms with Gasteiger partial charge in [-0.05, 0) is 35.2 Å². The van der Waals surface area contributed by atoms with Gasteiger partial charge in [0.15, 0.2) is 0 Å². The van der Waals surface area contributed by atoms with E-state index in [9.17, 15) is 0 Å². The first kappa shape index (κ1) is 12.7. The largest absolute Gasteiger partial charge is 0.399 e. The van der Waals surface area contributed by atoms with E-state index < -0.39 is 0 Å². The molecule has 18 heavy (non-hydrogen) atoms. The molecule has 0 radical (unpaired) electrons. The average molecular weight is 240 g/mol. The summed E-state index contributed by atoms with van der Waals surface area (Å²) in [4.78, 5) is 0. The second-order valence-electron chi connectivity index (χ2n) is 4.64. The van der Waals surface area contributed by atoms with Crippen molar-refractivity contribution in [3.8, 4) is 0 Å². The smallest absolute Gasteiger partial charge is 0.0552 e. The van der Waals surface area contributed by atoms with Gasteiger partial charge in [0, 0.05) is 5.69 Å². The van der Waals surface area contributed by atoms with E-state index in [-0.39, 0.29) is 6.04 Å². The van der Waals surface area contributed by atoms with Crippen LogP contribution in [0.3, 0.4) is 0 Å². The Labute approximate surface area is 109 Å². The quantitative estimate of drug-likeness (QED) is 0.806. The average Bonchev–Trinajstić information content (AvgIpc) is 2.39. The van der Waals surface area contributed by atoms with Crippen LogP contribution in [0.4, 0.5) is 5.69 Å². The zero-order valence-electron chi connectivity index (χ0n) is 10.8. The molecule has 0 bridgehead atoms. The Morgan fingerprint density at radius 1 is 1.00 bits per heavy atom. The minimum Gasteiger partial charge on any atom is -0.399 e. The molecule has 1 unspecified atom stereocenters. The van der Waals surface area contributed by atoms with Gasteiger partial charge in [0.2, 0.25) is 0 Å². The van der Waals surface area contributed by atoms with Crippen LogP contribution in [0.15, 0.2) is 48.5 Å². The van der Waals surface area contributed by atoms with Gasteiger partial charge < -0.3 is 11.5 Å². The third-order valence-corrected chi connectivity index (χ3v) is 3.15. The van der Waals surface area contributed by atoms with Gasteiger partial charge in [-0.2, -0.15) is 0 Å². The molecule has 0 spiro atoms. The van der Waals surface area contributed by atoms with Crippen molar-refractivity contribution in [2.24, 2.45) is 5.73 Å². The van der Waals surface area contributed by atoms with Gasteiger partial charge in [-0.15, -0.1) is 0 Å². The molecule has 4 N–H and O–H groups in total. The fourth-order valence-electron chi connectivity index (χ4n) is 2.13. The lowest BCUT2D eigenvalue weighted by atomic mass is 9.97. The highest BCUT2D eigenvalue weighted by atomic mass is 14.6. The van der Waals surface area contributed by atoms with Crippen molar-refractivity contribution in [2.45, 2.75) is 25.8 Å². The number of benzene rings is 2. The summed E-state index contributed by atoms with van der Waals surface area (Å²) in [5.74, 6) is 0. The summed E-state index contributed by atoms with van der Waals surface area (Å²) < 4.78 is 0. The first-order valence-corrected chi connectivity index (χ1v) is 6.40. The Hall–Kier alpha value is -1.80. The highest BCUT2D eigenvalue weighted by Crippen LogP contribution is 2.21. The van der Waals surface area contributed by atoms with Gasteiger partial charge in [0.25, 0.3) is 0 Å². The molecule has 0 fully saturated rings. The maximum Gasteiger partial charge on any atom is 0.0552 e. The molecule has 2 aromatic rings. The predicted molar refractivity (Wildman–Crippen MR) is 77.3 cm³/mol. The number of aryl methyl sites for hydroxylation is 1. The minimum absolute atomic E-state index is 0.107. The summed E-state index contributed by atoms with van der Waals surface area (Å²) >= 11 is 0. The fraction of sp³-hybridized carbons (Fsp3) is 0.250. The monoisotopic (exact) mass is 240 g/mol. The molecule has 0 amide bonds. The van der Waals surface area contributed by atoms with Crippen molar-refractivity contribution in [1.82, 2.24) is 0 Å². The summed E-state index contributed by atoms with van der Waals surface area (Å²) in [7, 11) is 0. The number of nitrogen functional groups attached to an aromatic ring is 1. The first-order chi connectivity index (χ1) is 8.70. The number of hydrogen-bond donors (Lipinski definition) is 2. The number of rotatable bonds is 4. The molecule has 94 valence electrons. The van der Waals surface area contributed by atoms with E-state index in [1.165, 1.54) is 12.0 Å². The lowest BCUT2D eigenvalue weighted by Gasteiger charge is -2.13. The molecule has 0 aliphatic rings. The van der Waals surface area contributed by atoms with Crippen LogP contribution in [0.25, 0.3) is 0 Å². The molecule has 0 aliphatic carbocycles. The molecule has 2 rings (SSSR count). The van der Waals surface area contributed by atoms with Crippen LogP contribution in [0.2, 0.25) is 0 Å². The molecule has 2 aromatic carbocycles. The molecule has 2 heteroatoms. The lowest BCUT2D eigenvalue weighted by molar-refractivity contribution is 0.866. The zero-order valence-corrected chi connectivity index (χ0v) is 10.8. The molecule has 0 saturated heterocycles. The fourth-order valence-corrected chi connectivity index (χ4v) is 2.13. The van der Waals surface area contributed by atoms with Crippen LogP contribution < -0.4 is 11.5 Å². The Balaban J connectivity index is 2.20. The van der Waals surface area contributed by atoms with Crippen LogP contribution >= 0.6 is 0 Å². The van der Waals surface area contributed by atoms with E-state index >= 15 is 0 Å². The Morgan fingerprint density at radius 2 is 1.72 bits per heavy atom. The molecule has 1 atom stereocenters. The minimum atomic E-state index is -0.107. The van der Waals surface area contributed by atoms with Gasteiger partial charge in [-0.1, -0.05) is 49.7 Å². The zero-order chi connectivity index (χ0) is 13.0. The van der Waals surface area contributed by atoms with Crippen molar-refractivity contribution < 1.29 is 0 Å². The van der Waals surface area contributed by atoms with E-state index in [2.05, 4.69) is 31.2 Å². The second kappa shape index (κ2) is 5.69. The SMILES string of the molecule is CCCc1ccc(C(N)c2cccc(N)c2)cc1. The van der Waals surface area contributed by atoms with Crippen LogP contribution in [-0.4, -0.2) is 0 Å². The molecule has 2 nitrogen and oxygen atoms in total. The third-order valence-electron chi connectivity index (χ3n) is 3.15. The Bertz CT molecular complexity index is 503. The predicted octanol–water partition coefficient (Wildman–Crippen LogP) is 3.27. The number of nitrogens with two attached hydrogens (primary N) is 2. The highest BCUT2D eigenvalue weighted by molar-refractivity contribution is 5.44. The second-order valence-corrected chi connectivity index (χ2v) is 4.64. The van der Waals surface area contributed by atoms with Gasteiger partial charge in [-0.25, -0.2) is 0 Å². The highest BCUT2D eigenvalue weighted by Gasteiger charge is 2.08. The van der Waals surface area contributed by atoms with Crippen molar-refractivity contribution in [1.29, 1.82) is 0 Å². The van der Waals surface area contributed by atoms with Crippen LogP contribution in [-0.2, 0) is 6.42 Å². The number of anilines is 1. The van der Waals surface area contributed by atoms with Gasteiger partial charge in [0.05, 0.1) is 6.04 Å². The van der Waals surface area contributed by atoms with E-state index in [1.807, 2.05) is 24.3 Å². The standard InChI is InChI=1S/C16H20N2/c1-2-4-12-7-9-13(10-8-12)16(18)14-5-3-6-15(17)11-14/h3,5-11,16H,2,4,17-18H2,1H3. The topological polar surface area (TPSA) is 52.0 Å². The van der Waals surface area contributed by atoms with Crippen molar-refractivity contribution in [3.63, 3.8) is 0 Å². The van der Waals surface area contributed by atoms with Gasteiger partial charge >= 0.3 is 0 Å². The maximum atomic E-state index is 6.25. The van der Waals surface area contributed by atoms with Crippen molar-refractivity contribution in [3.05, 3.63) is 65.2 Å². The van der Waals surface area contributed by atoms with E-state index in [1.54, 1.807) is 0 Å². The van der Waals surface area contributed by atoms with E-state index in [0.29, 0.717) is 0 Å². The Kier molecular flexibility index (Phi) is 4.00. The molecule has 0 aliphatic heterocycles. The van der Waals surface area contributed by atoms with Gasteiger partial charge in [0.1, 0.15) is 0 Å².